The number of methoxy groups -OCH3 is 1. The topological polar surface area (TPSA) is 48.6 Å². The van der Waals surface area contributed by atoms with Crippen LogP contribution >= 0.6 is 0 Å². The van der Waals surface area contributed by atoms with Gasteiger partial charge in [0.05, 0.1) is 7.11 Å². The largest absolute Gasteiger partial charge is 0.497 e. The van der Waals surface area contributed by atoms with Gasteiger partial charge in [-0.2, -0.15) is 0 Å². The molecule has 0 radical (unpaired) electrons. The summed E-state index contributed by atoms with van der Waals surface area (Å²) in [6.45, 7) is 2.24. The molecule has 0 unspecified atom stereocenters. The van der Waals surface area contributed by atoms with E-state index in [9.17, 15) is 4.79 Å². The predicted molar refractivity (Wildman–Crippen MR) is 134 cm³/mol. The Morgan fingerprint density at radius 3 is 2.55 bits per heavy atom. The number of H-pyrrole nitrogens is 1. The highest BCUT2D eigenvalue weighted by Crippen LogP contribution is 2.32. The molecular weight excluding hydrogens is 410 g/mol. The van der Waals surface area contributed by atoms with E-state index >= 15 is 0 Å². The van der Waals surface area contributed by atoms with E-state index in [1.807, 2.05) is 29.2 Å². The summed E-state index contributed by atoms with van der Waals surface area (Å²) in [5.41, 5.74) is 6.88. The van der Waals surface area contributed by atoms with E-state index in [1.165, 1.54) is 22.2 Å². The normalized spacial score (nSPS) is 13.6. The summed E-state index contributed by atoms with van der Waals surface area (Å²) in [7, 11) is 3.77. The number of ether oxygens (including phenoxy) is 1. The Kier molecular flexibility index (Phi) is 5.78. The number of hydrogen-bond acceptors (Lipinski definition) is 3. The quantitative estimate of drug-likeness (QED) is 0.462. The standard InChI is InChI=1S/C28H29N3O2/c1-30-17-18-31(19-21-7-3-6-10-26(21)30)27(32)16-15-24-23-8-4-5-9-25(23)29-28(24)20-11-13-22(33-2)14-12-20/h3-14,29H,15-19H2,1-2H3. The number of aryl methyl sites for hydroxylation is 1. The van der Waals surface area contributed by atoms with E-state index < -0.39 is 0 Å². The van der Waals surface area contributed by atoms with Crippen LogP contribution in [0.15, 0.2) is 72.8 Å². The van der Waals surface area contributed by atoms with Crippen LogP contribution in [0.5, 0.6) is 5.75 Å². The molecule has 0 bridgehead atoms. The summed E-state index contributed by atoms with van der Waals surface area (Å²) in [6, 6.07) is 24.8. The molecule has 5 rings (SSSR count). The summed E-state index contributed by atoms with van der Waals surface area (Å²) in [5, 5.41) is 1.18. The number of rotatable bonds is 5. The van der Waals surface area contributed by atoms with E-state index in [1.54, 1.807) is 7.11 Å². The molecule has 0 spiro atoms. The first kappa shape index (κ1) is 21.1. The SMILES string of the molecule is COc1ccc(-c2[nH]c3ccccc3c2CCC(=O)N2CCN(C)c3ccccc3C2)cc1. The molecule has 5 heteroatoms. The number of aromatic nitrogens is 1. The molecule has 5 nitrogen and oxygen atoms in total. The number of amides is 1. The van der Waals surface area contributed by atoms with Crippen LogP contribution in [0.3, 0.4) is 0 Å². The van der Waals surface area contributed by atoms with Gasteiger partial charge in [-0.15, -0.1) is 0 Å². The number of carbonyl (C=O) groups excluding carboxylic acids is 1. The van der Waals surface area contributed by atoms with E-state index in [2.05, 4.69) is 65.5 Å². The van der Waals surface area contributed by atoms with E-state index in [-0.39, 0.29) is 5.91 Å². The Morgan fingerprint density at radius 1 is 0.970 bits per heavy atom. The van der Waals surface area contributed by atoms with Crippen LogP contribution in [0.4, 0.5) is 5.69 Å². The van der Waals surface area contributed by atoms with Gasteiger partial charge in [-0.25, -0.2) is 0 Å². The second-order valence-corrected chi connectivity index (χ2v) is 8.62. The molecule has 0 aliphatic carbocycles. The number of para-hydroxylation sites is 2. The van der Waals surface area contributed by atoms with Crippen molar-refractivity contribution < 1.29 is 9.53 Å². The number of likely N-dealkylation sites (N-methyl/N-ethyl adjacent to an activating group) is 1. The van der Waals surface area contributed by atoms with E-state index in [0.717, 1.165) is 35.6 Å². The molecule has 0 atom stereocenters. The number of hydrogen-bond donors (Lipinski definition) is 1. The first-order valence-corrected chi connectivity index (χ1v) is 11.4. The maximum absolute atomic E-state index is 13.3. The van der Waals surface area contributed by atoms with Gasteiger partial charge >= 0.3 is 0 Å². The number of carbonyl (C=O) groups is 1. The molecule has 0 fully saturated rings. The lowest BCUT2D eigenvalue weighted by molar-refractivity contribution is -0.131. The van der Waals surface area contributed by atoms with Gasteiger partial charge in [0.25, 0.3) is 0 Å². The van der Waals surface area contributed by atoms with Crippen LogP contribution < -0.4 is 9.64 Å². The Bertz CT molecular complexity index is 1280. The number of nitrogens with zero attached hydrogens (tertiary/aromatic N) is 2. The van der Waals surface area contributed by atoms with Gasteiger partial charge in [0.1, 0.15) is 5.75 Å². The molecule has 1 aliphatic heterocycles. The van der Waals surface area contributed by atoms with Gasteiger partial charge in [0, 0.05) is 55.4 Å². The molecule has 168 valence electrons. The number of nitrogens with one attached hydrogen (secondary N) is 1. The van der Waals surface area contributed by atoms with Crippen molar-refractivity contribution >= 4 is 22.5 Å². The van der Waals surface area contributed by atoms with Crippen LogP contribution in [0, 0.1) is 0 Å². The van der Waals surface area contributed by atoms with Crippen LogP contribution in [-0.2, 0) is 17.8 Å². The lowest BCUT2D eigenvalue weighted by atomic mass is 10.0. The van der Waals surface area contributed by atoms with Crippen molar-refractivity contribution in [2.24, 2.45) is 0 Å². The van der Waals surface area contributed by atoms with Crippen molar-refractivity contribution in [3.63, 3.8) is 0 Å². The van der Waals surface area contributed by atoms with Crippen LogP contribution in [0.2, 0.25) is 0 Å². The third-order valence-corrected chi connectivity index (χ3v) is 6.60. The molecule has 33 heavy (non-hydrogen) atoms. The summed E-state index contributed by atoms with van der Waals surface area (Å²) >= 11 is 0. The van der Waals surface area contributed by atoms with Gasteiger partial charge in [-0.05, 0) is 59.5 Å². The Hall–Kier alpha value is -3.73. The zero-order chi connectivity index (χ0) is 22.8. The van der Waals surface area contributed by atoms with Gasteiger partial charge < -0.3 is 19.5 Å². The average Bonchev–Trinajstić information content (AvgIpc) is 3.14. The molecule has 0 saturated carbocycles. The fraction of sp³-hybridized carbons (Fsp3) is 0.250. The summed E-state index contributed by atoms with van der Waals surface area (Å²) < 4.78 is 5.32. The molecule has 0 saturated heterocycles. The Labute approximate surface area is 194 Å². The minimum absolute atomic E-state index is 0.200. The highest BCUT2D eigenvalue weighted by Gasteiger charge is 2.22. The fourth-order valence-electron chi connectivity index (χ4n) is 4.76. The zero-order valence-corrected chi connectivity index (χ0v) is 19.2. The van der Waals surface area contributed by atoms with E-state index in [0.29, 0.717) is 19.4 Å². The summed E-state index contributed by atoms with van der Waals surface area (Å²) in [5.74, 6) is 1.03. The van der Waals surface area contributed by atoms with Gasteiger partial charge in [0.2, 0.25) is 5.91 Å². The minimum Gasteiger partial charge on any atom is -0.497 e. The van der Waals surface area contributed by atoms with Crippen molar-refractivity contribution in [3.8, 4) is 17.0 Å². The fourth-order valence-corrected chi connectivity index (χ4v) is 4.76. The molecule has 1 aliphatic rings. The van der Waals surface area contributed by atoms with Gasteiger partial charge in [-0.3, -0.25) is 4.79 Å². The van der Waals surface area contributed by atoms with Crippen molar-refractivity contribution in [1.29, 1.82) is 0 Å². The van der Waals surface area contributed by atoms with Gasteiger partial charge in [-0.1, -0.05) is 36.4 Å². The molecule has 1 amide bonds. The number of fused-ring (bicyclic) bond motifs is 2. The number of aromatic amines is 1. The van der Waals surface area contributed by atoms with Gasteiger partial charge in [0.15, 0.2) is 0 Å². The third kappa shape index (κ3) is 4.19. The maximum atomic E-state index is 13.3. The average molecular weight is 440 g/mol. The van der Waals surface area contributed by atoms with Crippen molar-refractivity contribution in [1.82, 2.24) is 9.88 Å². The minimum atomic E-state index is 0.200. The molecule has 1 N–H and O–H groups in total. The van der Waals surface area contributed by atoms with Crippen molar-refractivity contribution in [2.75, 3.05) is 32.1 Å². The van der Waals surface area contributed by atoms with Crippen molar-refractivity contribution in [2.45, 2.75) is 19.4 Å². The highest BCUT2D eigenvalue weighted by atomic mass is 16.5. The van der Waals surface area contributed by atoms with Crippen molar-refractivity contribution in [3.05, 3.63) is 83.9 Å². The molecular formula is C28H29N3O2. The number of anilines is 1. The Balaban J connectivity index is 1.39. The Morgan fingerprint density at radius 2 is 1.73 bits per heavy atom. The molecule has 3 aromatic carbocycles. The maximum Gasteiger partial charge on any atom is 0.223 e. The lowest BCUT2D eigenvalue weighted by Gasteiger charge is -2.21. The molecule has 2 heterocycles. The monoisotopic (exact) mass is 439 g/mol. The van der Waals surface area contributed by atoms with E-state index in [4.69, 9.17) is 4.74 Å². The number of benzene rings is 3. The lowest BCUT2D eigenvalue weighted by Crippen LogP contribution is -2.34. The molecule has 1 aromatic heterocycles. The summed E-state index contributed by atoms with van der Waals surface area (Å²) in [6.07, 6.45) is 1.18. The van der Waals surface area contributed by atoms with Crippen LogP contribution in [-0.4, -0.2) is 43.0 Å². The first-order chi connectivity index (χ1) is 16.1. The second kappa shape index (κ2) is 9.02. The molecule has 4 aromatic rings. The second-order valence-electron chi connectivity index (χ2n) is 8.62. The highest BCUT2D eigenvalue weighted by molar-refractivity contribution is 5.91. The van der Waals surface area contributed by atoms with Crippen LogP contribution in [0.25, 0.3) is 22.2 Å². The predicted octanol–water partition coefficient (Wildman–Crippen LogP) is 5.25. The summed E-state index contributed by atoms with van der Waals surface area (Å²) in [4.78, 5) is 21.1. The zero-order valence-electron chi connectivity index (χ0n) is 19.2. The third-order valence-electron chi connectivity index (χ3n) is 6.60. The first-order valence-electron chi connectivity index (χ1n) is 11.4. The smallest absolute Gasteiger partial charge is 0.223 e. The van der Waals surface area contributed by atoms with Crippen LogP contribution in [0.1, 0.15) is 17.5 Å².